The molecule has 1 saturated carbocycles. The maximum Gasteiger partial charge on any atom is 0.233 e. The van der Waals surface area contributed by atoms with Crippen LogP contribution in [0.25, 0.3) is 0 Å². The summed E-state index contributed by atoms with van der Waals surface area (Å²) in [6.07, 6.45) is 5.19. The van der Waals surface area contributed by atoms with Crippen LogP contribution < -0.4 is 0 Å². The van der Waals surface area contributed by atoms with Gasteiger partial charge in [-0.3, -0.25) is 4.79 Å². The molecule has 2 nitrogen and oxygen atoms in total. The Morgan fingerprint density at radius 3 is 2.24 bits per heavy atom. The van der Waals surface area contributed by atoms with E-state index in [1.807, 2.05) is 36.9 Å². The number of likely N-dealkylation sites (N-methyl/N-ethyl adjacent to an activating group) is 1. The van der Waals surface area contributed by atoms with Crippen molar-refractivity contribution in [2.75, 3.05) is 13.1 Å². The van der Waals surface area contributed by atoms with Crippen LogP contribution >= 0.6 is 23.2 Å². The summed E-state index contributed by atoms with van der Waals surface area (Å²) in [7, 11) is 0. The second kappa shape index (κ2) is 7.02. The van der Waals surface area contributed by atoms with Crippen molar-refractivity contribution in [3.8, 4) is 0 Å². The van der Waals surface area contributed by atoms with Crippen LogP contribution in [0.3, 0.4) is 0 Å². The molecule has 1 amide bonds. The van der Waals surface area contributed by atoms with Crippen molar-refractivity contribution in [1.82, 2.24) is 4.90 Å². The highest BCUT2D eigenvalue weighted by Crippen LogP contribution is 2.42. The van der Waals surface area contributed by atoms with Gasteiger partial charge in [0.25, 0.3) is 0 Å². The van der Waals surface area contributed by atoms with E-state index in [9.17, 15) is 4.79 Å². The molecular weight excluding hydrogens is 305 g/mol. The number of amides is 1. The molecule has 0 N–H and O–H groups in total. The fraction of sp³-hybridized carbons (Fsp3) is 0.588. The monoisotopic (exact) mass is 327 g/mol. The molecule has 0 aromatic heterocycles. The van der Waals surface area contributed by atoms with Gasteiger partial charge in [-0.1, -0.05) is 48.5 Å². The third-order valence-corrected chi connectivity index (χ3v) is 5.38. The van der Waals surface area contributed by atoms with Crippen LogP contribution in [-0.2, 0) is 10.2 Å². The van der Waals surface area contributed by atoms with Gasteiger partial charge in [0.1, 0.15) is 0 Å². The molecule has 0 atom stereocenters. The Kier molecular flexibility index (Phi) is 5.56. The highest BCUT2D eigenvalue weighted by molar-refractivity contribution is 6.42. The summed E-state index contributed by atoms with van der Waals surface area (Å²) in [5.74, 6) is 0.241. The van der Waals surface area contributed by atoms with Crippen LogP contribution in [0.2, 0.25) is 10.0 Å². The Morgan fingerprint density at radius 1 is 1.10 bits per heavy atom. The van der Waals surface area contributed by atoms with Gasteiger partial charge in [-0.2, -0.15) is 0 Å². The third kappa shape index (κ3) is 3.22. The minimum absolute atomic E-state index is 0.241. The topological polar surface area (TPSA) is 20.3 Å². The molecule has 116 valence electrons. The predicted molar refractivity (Wildman–Crippen MR) is 89.2 cm³/mol. The minimum atomic E-state index is -0.418. The lowest BCUT2D eigenvalue weighted by atomic mass is 9.68. The van der Waals surface area contributed by atoms with Crippen molar-refractivity contribution in [3.63, 3.8) is 0 Å². The third-order valence-electron chi connectivity index (χ3n) is 4.64. The lowest BCUT2D eigenvalue weighted by Gasteiger charge is -2.40. The van der Waals surface area contributed by atoms with Crippen molar-refractivity contribution in [1.29, 1.82) is 0 Å². The Morgan fingerprint density at radius 2 is 1.71 bits per heavy atom. The number of carbonyl (C=O) groups is 1. The zero-order chi connectivity index (χ0) is 15.5. The zero-order valence-corrected chi connectivity index (χ0v) is 14.3. The Hall–Kier alpha value is -0.730. The molecule has 2 rings (SSSR count). The van der Waals surface area contributed by atoms with E-state index in [-0.39, 0.29) is 5.91 Å². The molecule has 0 spiro atoms. The number of carbonyl (C=O) groups excluding carboxylic acids is 1. The van der Waals surface area contributed by atoms with Crippen LogP contribution in [0, 0.1) is 0 Å². The second-order valence-electron chi connectivity index (χ2n) is 5.75. The normalized spacial score (nSPS) is 17.5. The van der Waals surface area contributed by atoms with Gasteiger partial charge in [0.05, 0.1) is 15.5 Å². The lowest BCUT2D eigenvalue weighted by Crippen LogP contribution is -2.48. The molecule has 0 bridgehead atoms. The number of halogens is 2. The highest BCUT2D eigenvalue weighted by atomic mass is 35.5. The first-order chi connectivity index (χ1) is 10.0. The van der Waals surface area contributed by atoms with Crippen LogP contribution in [0.1, 0.15) is 51.5 Å². The second-order valence-corrected chi connectivity index (χ2v) is 6.56. The molecule has 1 aromatic rings. The summed E-state index contributed by atoms with van der Waals surface area (Å²) in [5.41, 5.74) is 0.604. The Balaban J connectivity index is 2.45. The number of hydrogen-bond donors (Lipinski definition) is 0. The first-order valence-electron chi connectivity index (χ1n) is 7.80. The van der Waals surface area contributed by atoms with Crippen LogP contribution in [-0.4, -0.2) is 23.9 Å². The number of nitrogens with zero attached hydrogens (tertiary/aromatic N) is 1. The smallest absolute Gasteiger partial charge is 0.233 e. The van der Waals surface area contributed by atoms with E-state index < -0.39 is 5.41 Å². The van der Waals surface area contributed by atoms with Crippen molar-refractivity contribution < 1.29 is 4.79 Å². The van der Waals surface area contributed by atoms with Crippen LogP contribution in [0.5, 0.6) is 0 Å². The zero-order valence-electron chi connectivity index (χ0n) is 12.8. The van der Waals surface area contributed by atoms with E-state index in [0.717, 1.165) is 44.3 Å². The molecule has 0 heterocycles. The van der Waals surface area contributed by atoms with E-state index in [1.165, 1.54) is 6.42 Å². The maximum absolute atomic E-state index is 13.1. The molecule has 0 radical (unpaired) electrons. The Bertz CT molecular complexity index is 506. The van der Waals surface area contributed by atoms with E-state index in [4.69, 9.17) is 23.2 Å². The summed E-state index contributed by atoms with van der Waals surface area (Å²) < 4.78 is 0. The summed E-state index contributed by atoms with van der Waals surface area (Å²) in [5, 5.41) is 1.08. The first kappa shape index (κ1) is 16.6. The highest BCUT2D eigenvalue weighted by Gasteiger charge is 2.43. The fourth-order valence-corrected chi connectivity index (χ4v) is 3.69. The lowest BCUT2D eigenvalue weighted by molar-refractivity contribution is -0.138. The van der Waals surface area contributed by atoms with Crippen molar-refractivity contribution in [2.24, 2.45) is 0 Å². The molecule has 1 aromatic carbocycles. The van der Waals surface area contributed by atoms with Gasteiger partial charge in [-0.05, 0) is 44.4 Å². The van der Waals surface area contributed by atoms with Gasteiger partial charge in [0.2, 0.25) is 5.91 Å². The maximum atomic E-state index is 13.1. The fourth-order valence-electron chi connectivity index (χ4n) is 3.39. The molecule has 21 heavy (non-hydrogen) atoms. The van der Waals surface area contributed by atoms with E-state index in [1.54, 1.807) is 0 Å². The quantitative estimate of drug-likeness (QED) is 0.756. The van der Waals surface area contributed by atoms with Crippen molar-refractivity contribution in [2.45, 2.75) is 51.4 Å². The van der Waals surface area contributed by atoms with Gasteiger partial charge >= 0.3 is 0 Å². The molecule has 1 aliphatic carbocycles. The largest absolute Gasteiger partial charge is 0.342 e. The van der Waals surface area contributed by atoms with Crippen molar-refractivity contribution in [3.05, 3.63) is 33.8 Å². The molecule has 4 heteroatoms. The SMILES string of the molecule is CCN(CC)C(=O)C1(c2ccc(Cl)c(Cl)c2)CCCCC1. The van der Waals surface area contributed by atoms with Gasteiger partial charge in [-0.15, -0.1) is 0 Å². The molecular formula is C17H23Cl2NO. The van der Waals surface area contributed by atoms with Crippen LogP contribution in [0.4, 0.5) is 0 Å². The molecule has 0 aliphatic heterocycles. The Labute approximate surface area is 137 Å². The van der Waals surface area contributed by atoms with E-state index >= 15 is 0 Å². The molecule has 1 fully saturated rings. The molecule has 0 unspecified atom stereocenters. The van der Waals surface area contributed by atoms with E-state index in [2.05, 4.69) is 0 Å². The van der Waals surface area contributed by atoms with Crippen LogP contribution in [0.15, 0.2) is 18.2 Å². The first-order valence-corrected chi connectivity index (χ1v) is 8.55. The van der Waals surface area contributed by atoms with E-state index in [0.29, 0.717) is 10.0 Å². The van der Waals surface area contributed by atoms with Gasteiger partial charge in [0.15, 0.2) is 0 Å². The number of rotatable bonds is 4. The summed E-state index contributed by atoms with van der Waals surface area (Å²) in [4.78, 5) is 15.1. The van der Waals surface area contributed by atoms with Gasteiger partial charge < -0.3 is 4.90 Å². The van der Waals surface area contributed by atoms with Crippen molar-refractivity contribution >= 4 is 29.1 Å². The average molecular weight is 328 g/mol. The van der Waals surface area contributed by atoms with Gasteiger partial charge in [-0.25, -0.2) is 0 Å². The molecule has 0 saturated heterocycles. The number of hydrogen-bond acceptors (Lipinski definition) is 1. The summed E-state index contributed by atoms with van der Waals surface area (Å²) in [6, 6.07) is 5.67. The minimum Gasteiger partial charge on any atom is -0.342 e. The average Bonchev–Trinajstić information content (AvgIpc) is 2.51. The summed E-state index contributed by atoms with van der Waals surface area (Å²) in [6.45, 7) is 5.57. The molecule has 1 aliphatic rings. The standard InChI is InChI=1S/C17H23Cl2NO/c1-3-20(4-2)16(21)17(10-6-5-7-11-17)13-8-9-14(18)15(19)12-13/h8-9,12H,3-7,10-11H2,1-2H3. The summed E-state index contributed by atoms with van der Waals surface area (Å²) >= 11 is 12.2. The number of benzene rings is 1. The predicted octanol–water partition coefficient (Wildman–Crippen LogP) is 5.06. The van der Waals surface area contributed by atoms with Gasteiger partial charge in [0, 0.05) is 13.1 Å².